The number of carbonyl (C=O) groups excluding carboxylic acids is 1. The molecule has 36 heavy (non-hydrogen) atoms. The molecule has 0 aliphatic heterocycles. The van der Waals surface area contributed by atoms with Crippen molar-refractivity contribution in [3.8, 4) is 11.5 Å². The standard InChI is InChI=1S/C28H28N4O4/c1-2-3-17-31(27(34)21-13-10-16-23(18-21)36-22-14-8-5-9-15-22)24-25(29)32(28(35)30-26(24)33)19-20-11-6-4-7-12-20/h4-16,18H,2-3,17,19,29H2,1H3,(H,30,33,35). The van der Waals surface area contributed by atoms with Gasteiger partial charge in [0.25, 0.3) is 11.5 Å². The number of aromatic amines is 1. The smallest absolute Gasteiger partial charge is 0.330 e. The molecular formula is C28H28N4O4. The first-order valence-corrected chi connectivity index (χ1v) is 11.8. The minimum Gasteiger partial charge on any atom is -0.457 e. The Morgan fingerprint density at radius 2 is 1.61 bits per heavy atom. The maximum atomic E-state index is 13.7. The summed E-state index contributed by atoms with van der Waals surface area (Å²) in [5.74, 6) is 0.648. The number of nitrogens with two attached hydrogens (primary N) is 1. The summed E-state index contributed by atoms with van der Waals surface area (Å²) in [6.07, 6.45) is 1.44. The number of hydrogen-bond acceptors (Lipinski definition) is 5. The number of hydrogen-bond donors (Lipinski definition) is 2. The van der Waals surface area contributed by atoms with Gasteiger partial charge >= 0.3 is 5.69 Å². The quantitative estimate of drug-likeness (QED) is 0.366. The van der Waals surface area contributed by atoms with Crippen LogP contribution in [-0.2, 0) is 6.54 Å². The van der Waals surface area contributed by atoms with Crippen LogP contribution < -0.4 is 26.6 Å². The fraction of sp³-hybridized carbons (Fsp3) is 0.179. The first-order valence-electron chi connectivity index (χ1n) is 11.8. The third kappa shape index (κ3) is 5.55. The molecule has 4 rings (SSSR count). The fourth-order valence-electron chi connectivity index (χ4n) is 3.87. The highest BCUT2D eigenvalue weighted by Gasteiger charge is 2.25. The molecular weight excluding hydrogens is 456 g/mol. The van der Waals surface area contributed by atoms with E-state index in [4.69, 9.17) is 10.5 Å². The van der Waals surface area contributed by atoms with Crippen molar-refractivity contribution in [3.63, 3.8) is 0 Å². The normalized spacial score (nSPS) is 10.7. The zero-order chi connectivity index (χ0) is 25.5. The van der Waals surface area contributed by atoms with Crippen LogP contribution >= 0.6 is 0 Å². The Labute approximate surface area is 208 Å². The molecule has 8 nitrogen and oxygen atoms in total. The van der Waals surface area contributed by atoms with E-state index in [0.717, 1.165) is 12.0 Å². The Balaban J connectivity index is 1.72. The second-order valence-corrected chi connectivity index (χ2v) is 8.32. The summed E-state index contributed by atoms with van der Waals surface area (Å²) in [5.41, 5.74) is 6.16. The van der Waals surface area contributed by atoms with Crippen LogP contribution in [0.3, 0.4) is 0 Å². The minimum atomic E-state index is -0.706. The molecule has 0 radical (unpaired) electrons. The van der Waals surface area contributed by atoms with Gasteiger partial charge in [0.05, 0.1) is 6.54 Å². The first-order chi connectivity index (χ1) is 17.5. The minimum absolute atomic E-state index is 0.0432. The van der Waals surface area contributed by atoms with Crippen molar-refractivity contribution in [2.45, 2.75) is 26.3 Å². The molecule has 4 aromatic rings. The Morgan fingerprint density at radius 3 is 2.31 bits per heavy atom. The van der Waals surface area contributed by atoms with E-state index in [1.807, 2.05) is 67.6 Å². The number of H-pyrrole nitrogens is 1. The van der Waals surface area contributed by atoms with Crippen LogP contribution in [0, 0.1) is 0 Å². The lowest BCUT2D eigenvalue weighted by atomic mass is 10.1. The molecule has 1 aromatic heterocycles. The monoisotopic (exact) mass is 484 g/mol. The molecule has 184 valence electrons. The maximum absolute atomic E-state index is 13.7. The molecule has 0 bridgehead atoms. The van der Waals surface area contributed by atoms with Crippen molar-refractivity contribution in [1.29, 1.82) is 0 Å². The van der Waals surface area contributed by atoms with E-state index in [2.05, 4.69) is 4.98 Å². The predicted molar refractivity (Wildman–Crippen MR) is 141 cm³/mol. The molecule has 0 saturated carbocycles. The summed E-state index contributed by atoms with van der Waals surface area (Å²) < 4.78 is 7.15. The fourth-order valence-corrected chi connectivity index (χ4v) is 3.87. The van der Waals surface area contributed by atoms with Gasteiger partial charge in [-0.05, 0) is 42.3 Å². The van der Waals surface area contributed by atoms with Crippen LogP contribution in [0.15, 0.2) is 94.5 Å². The zero-order valence-electron chi connectivity index (χ0n) is 20.0. The Hall–Kier alpha value is -4.59. The van der Waals surface area contributed by atoms with E-state index in [9.17, 15) is 14.4 Å². The molecule has 0 fully saturated rings. The number of benzene rings is 3. The second kappa shape index (κ2) is 11.2. The molecule has 3 aromatic carbocycles. The molecule has 1 heterocycles. The average molecular weight is 485 g/mol. The van der Waals surface area contributed by atoms with Crippen LogP contribution in [0.25, 0.3) is 0 Å². The van der Waals surface area contributed by atoms with Crippen LogP contribution in [0.2, 0.25) is 0 Å². The number of rotatable bonds is 9. The summed E-state index contributed by atoms with van der Waals surface area (Å²) in [4.78, 5) is 42.9. The second-order valence-electron chi connectivity index (χ2n) is 8.32. The van der Waals surface area contributed by atoms with Gasteiger partial charge in [0, 0.05) is 12.1 Å². The van der Waals surface area contributed by atoms with Gasteiger partial charge < -0.3 is 15.4 Å². The molecule has 0 aliphatic carbocycles. The summed E-state index contributed by atoms with van der Waals surface area (Å²) >= 11 is 0. The molecule has 0 aliphatic rings. The van der Waals surface area contributed by atoms with E-state index in [1.54, 1.807) is 24.3 Å². The number of nitrogens with zero attached hydrogens (tertiary/aromatic N) is 2. The predicted octanol–water partition coefficient (Wildman–Crippen LogP) is 4.41. The summed E-state index contributed by atoms with van der Waals surface area (Å²) in [5, 5.41) is 0. The topological polar surface area (TPSA) is 110 Å². The van der Waals surface area contributed by atoms with E-state index < -0.39 is 17.2 Å². The van der Waals surface area contributed by atoms with Gasteiger partial charge in [0.15, 0.2) is 5.69 Å². The molecule has 0 atom stereocenters. The number of anilines is 2. The van der Waals surface area contributed by atoms with Crippen molar-refractivity contribution < 1.29 is 9.53 Å². The van der Waals surface area contributed by atoms with Crippen LogP contribution in [0.1, 0.15) is 35.7 Å². The van der Waals surface area contributed by atoms with Crippen LogP contribution in [0.4, 0.5) is 11.5 Å². The maximum Gasteiger partial charge on any atom is 0.330 e. The van der Waals surface area contributed by atoms with E-state index in [1.165, 1.54) is 9.47 Å². The van der Waals surface area contributed by atoms with Crippen LogP contribution in [-0.4, -0.2) is 22.0 Å². The van der Waals surface area contributed by atoms with Gasteiger partial charge in [0.1, 0.15) is 17.3 Å². The molecule has 0 spiro atoms. The number of ether oxygens (including phenoxy) is 1. The van der Waals surface area contributed by atoms with E-state index >= 15 is 0 Å². The van der Waals surface area contributed by atoms with E-state index in [-0.39, 0.29) is 24.6 Å². The van der Waals surface area contributed by atoms with Gasteiger partial charge in [0.2, 0.25) is 0 Å². The third-order valence-corrected chi connectivity index (χ3v) is 5.71. The van der Waals surface area contributed by atoms with Gasteiger partial charge in [-0.1, -0.05) is 67.9 Å². The zero-order valence-corrected chi connectivity index (χ0v) is 20.0. The number of amides is 1. The Bertz CT molecular complexity index is 1450. The molecule has 8 heteroatoms. The van der Waals surface area contributed by atoms with Crippen molar-refractivity contribution in [1.82, 2.24) is 9.55 Å². The van der Waals surface area contributed by atoms with Gasteiger partial charge in [-0.15, -0.1) is 0 Å². The molecule has 1 amide bonds. The third-order valence-electron chi connectivity index (χ3n) is 5.71. The SMILES string of the molecule is CCCCN(C(=O)c1cccc(Oc2ccccc2)c1)c1c(N)n(Cc2ccccc2)c(=O)[nH]c1=O. The van der Waals surface area contributed by atoms with Gasteiger partial charge in [-0.3, -0.25) is 19.1 Å². The largest absolute Gasteiger partial charge is 0.457 e. The molecule has 0 unspecified atom stereocenters. The van der Waals surface area contributed by atoms with E-state index in [0.29, 0.717) is 23.5 Å². The molecule has 0 saturated heterocycles. The average Bonchev–Trinajstić information content (AvgIpc) is 2.89. The number of nitrogen functional groups attached to an aromatic ring is 1. The summed E-state index contributed by atoms with van der Waals surface area (Å²) in [6, 6.07) is 25.3. The van der Waals surface area contributed by atoms with Crippen molar-refractivity contribution >= 4 is 17.4 Å². The summed E-state index contributed by atoms with van der Waals surface area (Å²) in [6.45, 7) is 2.41. The lowest BCUT2D eigenvalue weighted by Crippen LogP contribution is -2.41. The number of para-hydroxylation sites is 1. The highest BCUT2D eigenvalue weighted by Crippen LogP contribution is 2.25. The summed E-state index contributed by atoms with van der Waals surface area (Å²) in [7, 11) is 0. The van der Waals surface area contributed by atoms with Gasteiger partial charge in [-0.2, -0.15) is 0 Å². The lowest BCUT2D eigenvalue weighted by Gasteiger charge is -2.24. The number of carbonyl (C=O) groups is 1. The highest BCUT2D eigenvalue weighted by molar-refractivity contribution is 6.07. The highest BCUT2D eigenvalue weighted by atomic mass is 16.5. The first kappa shape index (κ1) is 24.5. The van der Waals surface area contributed by atoms with Crippen molar-refractivity contribution in [3.05, 3.63) is 117 Å². The van der Waals surface area contributed by atoms with Crippen molar-refractivity contribution in [2.75, 3.05) is 17.2 Å². The molecule has 3 N–H and O–H groups in total. The van der Waals surface area contributed by atoms with Crippen LogP contribution in [0.5, 0.6) is 11.5 Å². The Morgan fingerprint density at radius 1 is 0.944 bits per heavy atom. The lowest BCUT2D eigenvalue weighted by molar-refractivity contribution is 0.0986. The van der Waals surface area contributed by atoms with Gasteiger partial charge in [-0.25, -0.2) is 4.79 Å². The number of aromatic nitrogens is 2. The number of unbranched alkanes of at least 4 members (excludes halogenated alkanes) is 1. The van der Waals surface area contributed by atoms with Crippen molar-refractivity contribution in [2.24, 2.45) is 0 Å². The number of nitrogens with one attached hydrogen (secondary N) is 1. The Kier molecular flexibility index (Phi) is 7.65.